The molecular weight excluding hydrogens is 354 g/mol. The third kappa shape index (κ3) is 4.16. The fourth-order valence-electron chi connectivity index (χ4n) is 3.30. The Hall–Kier alpha value is -3.29. The summed E-state index contributed by atoms with van der Waals surface area (Å²) in [6.07, 6.45) is 5.67. The number of hydrogen-bond donors (Lipinski definition) is 2. The summed E-state index contributed by atoms with van der Waals surface area (Å²) in [4.78, 5) is 32.1. The van der Waals surface area contributed by atoms with Gasteiger partial charge in [0, 0.05) is 55.9 Å². The van der Waals surface area contributed by atoms with Crippen molar-refractivity contribution < 1.29 is 4.79 Å². The fraction of sp³-hybridized carbons (Fsp3) is 0.350. The number of benzene rings is 1. The van der Waals surface area contributed by atoms with Crippen LogP contribution >= 0.6 is 0 Å². The van der Waals surface area contributed by atoms with Gasteiger partial charge in [0.1, 0.15) is 5.82 Å². The molecule has 1 aliphatic heterocycles. The zero-order chi connectivity index (χ0) is 19.3. The first-order valence-electron chi connectivity index (χ1n) is 9.52. The number of rotatable bonds is 6. The summed E-state index contributed by atoms with van der Waals surface area (Å²) in [5.74, 6) is 1.42. The Balaban J connectivity index is 1.32. The van der Waals surface area contributed by atoms with Crippen LogP contribution in [-0.4, -0.2) is 52.0 Å². The van der Waals surface area contributed by atoms with E-state index in [0.29, 0.717) is 30.1 Å². The predicted molar refractivity (Wildman–Crippen MR) is 109 cm³/mol. The summed E-state index contributed by atoms with van der Waals surface area (Å²) in [5, 5.41) is 6.10. The molecule has 8 nitrogen and oxygen atoms in total. The third-order valence-corrected chi connectivity index (χ3v) is 4.70. The zero-order valence-electron chi connectivity index (χ0n) is 15.9. The van der Waals surface area contributed by atoms with E-state index in [4.69, 9.17) is 0 Å². The molecule has 0 atom stereocenters. The lowest BCUT2D eigenvalue weighted by atomic mass is 10.2. The van der Waals surface area contributed by atoms with Crippen molar-refractivity contribution in [3.63, 3.8) is 0 Å². The Kier molecular flexibility index (Phi) is 5.27. The molecule has 1 saturated heterocycles. The van der Waals surface area contributed by atoms with Crippen LogP contribution in [0.25, 0.3) is 11.0 Å². The quantitative estimate of drug-likeness (QED) is 0.636. The topological polar surface area (TPSA) is 95.9 Å². The van der Waals surface area contributed by atoms with Gasteiger partial charge in [0.2, 0.25) is 5.95 Å². The molecule has 0 bridgehead atoms. The molecule has 1 aliphatic rings. The normalized spacial score (nSPS) is 13.7. The van der Waals surface area contributed by atoms with E-state index in [1.165, 1.54) is 12.8 Å². The Bertz CT molecular complexity index is 985. The number of aromatic nitrogens is 4. The maximum absolute atomic E-state index is 12.4. The molecule has 2 N–H and O–H groups in total. The minimum absolute atomic E-state index is 0.141. The van der Waals surface area contributed by atoms with E-state index in [1.54, 1.807) is 30.6 Å². The van der Waals surface area contributed by atoms with Crippen LogP contribution in [0.15, 0.2) is 36.7 Å². The van der Waals surface area contributed by atoms with Crippen LogP contribution in [0.2, 0.25) is 0 Å². The lowest BCUT2D eigenvalue weighted by Gasteiger charge is -2.17. The van der Waals surface area contributed by atoms with Crippen LogP contribution < -0.4 is 15.5 Å². The molecule has 144 valence electrons. The predicted octanol–water partition coefficient (Wildman–Crippen LogP) is 2.17. The average molecular weight is 377 g/mol. The summed E-state index contributed by atoms with van der Waals surface area (Å²) in [7, 11) is 0. The Morgan fingerprint density at radius 2 is 1.82 bits per heavy atom. The number of fused-ring (bicyclic) bond motifs is 1. The molecule has 0 radical (unpaired) electrons. The van der Waals surface area contributed by atoms with Gasteiger partial charge in [0.05, 0.1) is 11.0 Å². The van der Waals surface area contributed by atoms with E-state index < -0.39 is 0 Å². The molecule has 1 fully saturated rings. The second-order valence-electron chi connectivity index (χ2n) is 6.83. The van der Waals surface area contributed by atoms with Crippen LogP contribution in [0.4, 0.5) is 11.8 Å². The summed E-state index contributed by atoms with van der Waals surface area (Å²) in [6, 6.07) is 7.32. The molecule has 3 aromatic rings. The Morgan fingerprint density at radius 3 is 2.64 bits per heavy atom. The highest BCUT2D eigenvalue weighted by atomic mass is 16.1. The van der Waals surface area contributed by atoms with Gasteiger partial charge < -0.3 is 15.5 Å². The fourth-order valence-corrected chi connectivity index (χ4v) is 3.30. The molecule has 2 aromatic heterocycles. The number of amides is 1. The first-order chi connectivity index (χ1) is 13.7. The van der Waals surface area contributed by atoms with Crippen LogP contribution in [0.5, 0.6) is 0 Å². The Morgan fingerprint density at radius 1 is 1.04 bits per heavy atom. The van der Waals surface area contributed by atoms with Gasteiger partial charge in [0.15, 0.2) is 0 Å². The van der Waals surface area contributed by atoms with Gasteiger partial charge in [-0.1, -0.05) is 0 Å². The minimum Gasteiger partial charge on any atom is -0.356 e. The van der Waals surface area contributed by atoms with Crippen molar-refractivity contribution in [3.05, 3.63) is 47.9 Å². The molecular formula is C20H23N7O. The molecule has 0 spiro atoms. The van der Waals surface area contributed by atoms with Gasteiger partial charge in [-0.05, 0) is 38.0 Å². The van der Waals surface area contributed by atoms with E-state index >= 15 is 0 Å². The number of carbonyl (C=O) groups excluding carboxylic acids is 1. The van der Waals surface area contributed by atoms with Crippen molar-refractivity contribution in [2.75, 3.05) is 36.4 Å². The van der Waals surface area contributed by atoms with Crippen molar-refractivity contribution in [2.45, 2.75) is 19.8 Å². The van der Waals surface area contributed by atoms with Crippen LogP contribution in [0.3, 0.4) is 0 Å². The number of nitrogens with zero attached hydrogens (tertiary/aromatic N) is 5. The molecule has 0 saturated carbocycles. The van der Waals surface area contributed by atoms with Gasteiger partial charge in [0.25, 0.3) is 5.91 Å². The Labute approximate surface area is 163 Å². The molecule has 0 aliphatic carbocycles. The first kappa shape index (κ1) is 18.1. The number of hydrogen-bond acceptors (Lipinski definition) is 7. The minimum atomic E-state index is -0.141. The lowest BCUT2D eigenvalue weighted by Crippen LogP contribution is -2.29. The summed E-state index contributed by atoms with van der Waals surface area (Å²) >= 11 is 0. The van der Waals surface area contributed by atoms with E-state index in [1.807, 2.05) is 13.0 Å². The molecule has 1 aromatic carbocycles. The van der Waals surface area contributed by atoms with E-state index in [9.17, 15) is 4.79 Å². The van der Waals surface area contributed by atoms with Crippen LogP contribution in [-0.2, 0) is 0 Å². The second kappa shape index (κ2) is 8.16. The van der Waals surface area contributed by atoms with Crippen LogP contribution in [0.1, 0.15) is 28.9 Å². The van der Waals surface area contributed by atoms with Gasteiger partial charge in [-0.3, -0.25) is 14.8 Å². The summed E-state index contributed by atoms with van der Waals surface area (Å²) < 4.78 is 0. The van der Waals surface area contributed by atoms with E-state index in [2.05, 4.69) is 35.5 Å². The average Bonchev–Trinajstić information content (AvgIpc) is 3.25. The van der Waals surface area contributed by atoms with Crippen LogP contribution in [0, 0.1) is 6.92 Å². The zero-order valence-corrected chi connectivity index (χ0v) is 15.9. The highest BCUT2D eigenvalue weighted by molar-refractivity contribution is 5.97. The van der Waals surface area contributed by atoms with Crippen molar-refractivity contribution in [1.29, 1.82) is 0 Å². The smallest absolute Gasteiger partial charge is 0.251 e. The van der Waals surface area contributed by atoms with E-state index in [-0.39, 0.29) is 5.91 Å². The molecule has 0 unspecified atom stereocenters. The number of anilines is 2. The standard InChI is InChI=1S/C20H23N7O/c1-14-12-18(27-10-2-3-11-27)26-20(25-14)24-9-8-23-19(28)15-4-5-16-17(13-15)22-7-6-21-16/h4-7,12-13H,2-3,8-11H2,1H3,(H,23,28)(H,24,25,26). The first-order valence-corrected chi connectivity index (χ1v) is 9.52. The molecule has 3 heterocycles. The van der Waals surface area contributed by atoms with Gasteiger partial charge >= 0.3 is 0 Å². The molecule has 1 amide bonds. The monoisotopic (exact) mass is 377 g/mol. The van der Waals surface area contributed by atoms with Crippen molar-refractivity contribution in [2.24, 2.45) is 0 Å². The van der Waals surface area contributed by atoms with Crippen molar-refractivity contribution in [3.8, 4) is 0 Å². The maximum atomic E-state index is 12.4. The summed E-state index contributed by atoms with van der Waals surface area (Å²) in [5.41, 5.74) is 2.97. The van der Waals surface area contributed by atoms with E-state index in [0.717, 1.165) is 30.1 Å². The van der Waals surface area contributed by atoms with Gasteiger partial charge in [-0.2, -0.15) is 4.98 Å². The highest BCUT2D eigenvalue weighted by Gasteiger charge is 2.15. The molecule has 28 heavy (non-hydrogen) atoms. The molecule has 8 heteroatoms. The second-order valence-corrected chi connectivity index (χ2v) is 6.83. The molecule has 4 rings (SSSR count). The number of nitrogens with one attached hydrogen (secondary N) is 2. The maximum Gasteiger partial charge on any atom is 0.251 e. The number of carbonyl (C=O) groups is 1. The van der Waals surface area contributed by atoms with Gasteiger partial charge in [-0.15, -0.1) is 0 Å². The largest absolute Gasteiger partial charge is 0.356 e. The highest BCUT2D eigenvalue weighted by Crippen LogP contribution is 2.19. The number of aryl methyl sites for hydroxylation is 1. The van der Waals surface area contributed by atoms with Crippen molar-refractivity contribution in [1.82, 2.24) is 25.3 Å². The third-order valence-electron chi connectivity index (χ3n) is 4.70. The van der Waals surface area contributed by atoms with Crippen molar-refractivity contribution >= 4 is 28.7 Å². The SMILES string of the molecule is Cc1cc(N2CCCC2)nc(NCCNC(=O)c2ccc3nccnc3c2)n1. The summed E-state index contributed by atoms with van der Waals surface area (Å²) in [6.45, 7) is 5.07. The van der Waals surface area contributed by atoms with Gasteiger partial charge in [-0.25, -0.2) is 4.98 Å². The lowest BCUT2D eigenvalue weighted by molar-refractivity contribution is 0.0955.